The minimum atomic E-state index is 0.0627. The predicted octanol–water partition coefficient (Wildman–Crippen LogP) is 2.13. The van der Waals surface area contributed by atoms with Crippen LogP contribution in [-0.2, 0) is 4.79 Å². The van der Waals surface area contributed by atoms with Crippen LogP contribution in [0.3, 0.4) is 0 Å². The Morgan fingerprint density at radius 3 is 2.45 bits per heavy atom. The van der Waals surface area contributed by atoms with E-state index in [0.29, 0.717) is 6.04 Å². The Morgan fingerprint density at radius 1 is 1.14 bits per heavy atom. The van der Waals surface area contributed by atoms with Gasteiger partial charge < -0.3 is 15.5 Å². The molecular formula is C17H32N4O. The summed E-state index contributed by atoms with van der Waals surface area (Å²) in [6.45, 7) is 7.54. The molecular weight excluding hydrogens is 276 g/mol. The van der Waals surface area contributed by atoms with Gasteiger partial charge in [-0.1, -0.05) is 26.2 Å². The molecule has 1 heterocycles. The van der Waals surface area contributed by atoms with Crippen LogP contribution in [0.15, 0.2) is 4.99 Å². The van der Waals surface area contributed by atoms with Gasteiger partial charge in [-0.05, 0) is 38.5 Å². The Balaban J connectivity index is 1.82. The van der Waals surface area contributed by atoms with E-state index in [-0.39, 0.29) is 12.5 Å². The zero-order chi connectivity index (χ0) is 15.8. The van der Waals surface area contributed by atoms with Crippen molar-refractivity contribution in [2.24, 2.45) is 10.9 Å². The fraction of sp³-hybridized carbons (Fsp3) is 0.882. The molecule has 2 N–H and O–H groups in total. The van der Waals surface area contributed by atoms with Crippen LogP contribution < -0.4 is 10.6 Å². The molecule has 126 valence electrons. The van der Waals surface area contributed by atoms with Gasteiger partial charge in [0.1, 0.15) is 6.54 Å². The monoisotopic (exact) mass is 308 g/mol. The van der Waals surface area contributed by atoms with Crippen LogP contribution in [0.5, 0.6) is 0 Å². The Bertz CT molecular complexity index is 369. The second-order valence-corrected chi connectivity index (χ2v) is 6.74. The molecule has 0 atom stereocenters. The third-order valence-corrected chi connectivity index (χ3v) is 4.76. The van der Waals surface area contributed by atoms with E-state index in [4.69, 9.17) is 0 Å². The molecule has 5 heteroatoms. The lowest BCUT2D eigenvalue weighted by Crippen LogP contribution is -2.46. The van der Waals surface area contributed by atoms with Crippen LogP contribution in [-0.4, -0.2) is 49.0 Å². The highest BCUT2D eigenvalue weighted by Gasteiger charge is 2.19. The number of hydrogen-bond donors (Lipinski definition) is 2. The van der Waals surface area contributed by atoms with E-state index in [0.717, 1.165) is 44.4 Å². The Hall–Kier alpha value is -1.26. The van der Waals surface area contributed by atoms with Crippen LogP contribution in [0.25, 0.3) is 0 Å². The third-order valence-electron chi connectivity index (χ3n) is 4.76. The van der Waals surface area contributed by atoms with Gasteiger partial charge in [-0.3, -0.25) is 4.79 Å². The highest BCUT2D eigenvalue weighted by Crippen LogP contribution is 2.17. The maximum Gasteiger partial charge on any atom is 0.242 e. The van der Waals surface area contributed by atoms with Crippen LogP contribution in [0.1, 0.15) is 58.8 Å². The highest BCUT2D eigenvalue weighted by molar-refractivity contribution is 5.85. The van der Waals surface area contributed by atoms with Crippen LogP contribution >= 0.6 is 0 Å². The number of hydrogen-bond acceptors (Lipinski definition) is 2. The summed E-state index contributed by atoms with van der Waals surface area (Å²) in [5.41, 5.74) is 0. The van der Waals surface area contributed by atoms with Crippen molar-refractivity contribution in [3.05, 3.63) is 0 Å². The number of nitrogens with zero attached hydrogens (tertiary/aromatic N) is 2. The second-order valence-electron chi connectivity index (χ2n) is 6.74. The fourth-order valence-corrected chi connectivity index (χ4v) is 3.31. The third kappa shape index (κ3) is 5.50. The smallest absolute Gasteiger partial charge is 0.242 e. The summed E-state index contributed by atoms with van der Waals surface area (Å²) in [5, 5.41) is 6.46. The molecule has 0 aromatic rings. The number of carbonyl (C=O) groups excluding carboxylic acids is 1. The van der Waals surface area contributed by atoms with Gasteiger partial charge in [0.25, 0.3) is 0 Å². The molecule has 0 aromatic heterocycles. The molecule has 1 saturated carbocycles. The molecule has 2 rings (SSSR count). The molecule has 5 nitrogen and oxygen atoms in total. The number of aliphatic imine (C=N–C) groups is 1. The SMILES string of the molecule is CCNC(=NCC(=O)NC1CCCCC1)N1CCC(C)CC1. The lowest BCUT2D eigenvalue weighted by atomic mass is 9.95. The number of amides is 1. The minimum Gasteiger partial charge on any atom is -0.357 e. The zero-order valence-electron chi connectivity index (χ0n) is 14.2. The standard InChI is InChI=1S/C17H32N4O/c1-3-18-17(21-11-9-14(2)10-12-21)19-13-16(22)20-15-7-5-4-6-8-15/h14-15H,3-13H2,1-2H3,(H,18,19)(H,20,22). The Morgan fingerprint density at radius 2 is 1.82 bits per heavy atom. The lowest BCUT2D eigenvalue weighted by molar-refractivity contribution is -0.120. The largest absolute Gasteiger partial charge is 0.357 e. The summed E-state index contributed by atoms with van der Waals surface area (Å²) in [7, 11) is 0. The maximum absolute atomic E-state index is 12.1. The molecule has 0 radical (unpaired) electrons. The summed E-state index contributed by atoms with van der Waals surface area (Å²) in [4.78, 5) is 18.9. The van der Waals surface area contributed by atoms with Crippen LogP contribution in [0.2, 0.25) is 0 Å². The minimum absolute atomic E-state index is 0.0627. The molecule has 0 bridgehead atoms. The van der Waals surface area contributed by atoms with E-state index >= 15 is 0 Å². The molecule has 0 spiro atoms. The van der Waals surface area contributed by atoms with Gasteiger partial charge in [-0.15, -0.1) is 0 Å². The van der Waals surface area contributed by atoms with E-state index < -0.39 is 0 Å². The number of likely N-dealkylation sites (tertiary alicyclic amines) is 1. The molecule has 2 fully saturated rings. The van der Waals surface area contributed by atoms with Crippen LogP contribution in [0.4, 0.5) is 0 Å². The quantitative estimate of drug-likeness (QED) is 0.618. The summed E-state index contributed by atoms with van der Waals surface area (Å²) >= 11 is 0. The normalized spacial score (nSPS) is 21.7. The van der Waals surface area contributed by atoms with Crippen molar-refractivity contribution in [3.63, 3.8) is 0 Å². The van der Waals surface area contributed by atoms with Gasteiger partial charge in [0.15, 0.2) is 5.96 Å². The van der Waals surface area contributed by atoms with Gasteiger partial charge in [0, 0.05) is 25.7 Å². The number of guanidine groups is 1. The van der Waals surface area contributed by atoms with Crippen molar-refractivity contribution < 1.29 is 4.79 Å². The van der Waals surface area contributed by atoms with Gasteiger partial charge in [-0.2, -0.15) is 0 Å². The van der Waals surface area contributed by atoms with Crippen molar-refractivity contribution in [1.82, 2.24) is 15.5 Å². The number of nitrogens with one attached hydrogen (secondary N) is 2. The highest BCUT2D eigenvalue weighted by atomic mass is 16.1. The number of piperidine rings is 1. The molecule has 2 aliphatic rings. The first kappa shape index (κ1) is 17.1. The van der Waals surface area contributed by atoms with Gasteiger partial charge in [-0.25, -0.2) is 4.99 Å². The Kier molecular flexibility index (Phi) is 7.00. The van der Waals surface area contributed by atoms with Gasteiger partial charge in [0.2, 0.25) is 5.91 Å². The van der Waals surface area contributed by atoms with E-state index in [9.17, 15) is 4.79 Å². The summed E-state index contributed by atoms with van der Waals surface area (Å²) in [5.74, 6) is 1.76. The second kappa shape index (κ2) is 9.01. The van der Waals surface area contributed by atoms with E-state index in [2.05, 4.69) is 34.4 Å². The van der Waals surface area contributed by atoms with E-state index in [1.165, 1.54) is 32.1 Å². The molecule has 1 aliphatic heterocycles. The van der Waals surface area contributed by atoms with Crippen molar-refractivity contribution in [2.45, 2.75) is 64.8 Å². The number of rotatable bonds is 4. The average Bonchev–Trinajstić information content (AvgIpc) is 2.53. The number of carbonyl (C=O) groups is 1. The van der Waals surface area contributed by atoms with Crippen molar-refractivity contribution in [2.75, 3.05) is 26.2 Å². The van der Waals surface area contributed by atoms with Gasteiger partial charge >= 0.3 is 0 Å². The predicted molar refractivity (Wildman–Crippen MR) is 91.0 cm³/mol. The fourth-order valence-electron chi connectivity index (χ4n) is 3.31. The molecule has 1 saturated heterocycles. The molecule has 1 aliphatic carbocycles. The van der Waals surface area contributed by atoms with Crippen LogP contribution in [0, 0.1) is 5.92 Å². The molecule has 0 aromatic carbocycles. The molecule has 22 heavy (non-hydrogen) atoms. The lowest BCUT2D eigenvalue weighted by Gasteiger charge is -2.33. The summed E-state index contributed by atoms with van der Waals surface area (Å²) in [6.07, 6.45) is 8.45. The summed E-state index contributed by atoms with van der Waals surface area (Å²) < 4.78 is 0. The van der Waals surface area contributed by atoms with E-state index in [1.807, 2.05) is 0 Å². The van der Waals surface area contributed by atoms with Crippen molar-refractivity contribution in [3.8, 4) is 0 Å². The Labute approximate surface area is 134 Å². The molecule has 0 unspecified atom stereocenters. The maximum atomic E-state index is 12.1. The zero-order valence-corrected chi connectivity index (χ0v) is 14.2. The van der Waals surface area contributed by atoms with Gasteiger partial charge in [0.05, 0.1) is 0 Å². The first-order valence-electron chi connectivity index (χ1n) is 9.01. The van der Waals surface area contributed by atoms with E-state index in [1.54, 1.807) is 0 Å². The first-order chi connectivity index (χ1) is 10.7. The van der Waals surface area contributed by atoms with Crippen molar-refractivity contribution in [1.29, 1.82) is 0 Å². The molecule has 1 amide bonds. The summed E-state index contributed by atoms with van der Waals surface area (Å²) in [6, 6.07) is 0.370. The topological polar surface area (TPSA) is 56.7 Å². The average molecular weight is 308 g/mol. The van der Waals surface area contributed by atoms with Crippen molar-refractivity contribution >= 4 is 11.9 Å². The first-order valence-corrected chi connectivity index (χ1v) is 9.01.